The van der Waals surface area contributed by atoms with Gasteiger partial charge in [-0.05, 0) is 26.3 Å². The number of nitrogens with zero attached hydrogens (tertiary/aromatic N) is 3. The minimum absolute atomic E-state index is 0.158. The molecule has 0 saturated heterocycles. The predicted molar refractivity (Wildman–Crippen MR) is 89.4 cm³/mol. The van der Waals surface area contributed by atoms with E-state index in [9.17, 15) is 19.7 Å². The van der Waals surface area contributed by atoms with Crippen LogP contribution in [0.1, 0.15) is 27.3 Å². The smallest absolute Gasteiger partial charge is 0.345 e. The van der Waals surface area contributed by atoms with Gasteiger partial charge in [-0.2, -0.15) is 5.10 Å². The number of nitro benzene ring substituents is 1. The number of esters is 1. The number of carbonyl (C=O) groups excluding carboxylic acids is 2. The van der Waals surface area contributed by atoms with Crippen LogP contribution in [-0.2, 0) is 16.6 Å². The zero-order valence-corrected chi connectivity index (χ0v) is 14.3. The quantitative estimate of drug-likeness (QED) is 0.503. The second-order valence-corrected chi connectivity index (χ2v) is 5.52. The summed E-state index contributed by atoms with van der Waals surface area (Å²) in [5.74, 6) is -1.47. The molecule has 2 aromatic rings. The molecule has 0 radical (unpaired) electrons. The Balaban J connectivity index is 2.08. The van der Waals surface area contributed by atoms with Crippen LogP contribution in [0.5, 0.6) is 0 Å². The van der Waals surface area contributed by atoms with E-state index in [1.807, 2.05) is 0 Å². The first kappa shape index (κ1) is 18.1. The summed E-state index contributed by atoms with van der Waals surface area (Å²) in [5.41, 5.74) is 1.82. The van der Waals surface area contributed by atoms with Gasteiger partial charge in [-0.1, -0.05) is 12.1 Å². The summed E-state index contributed by atoms with van der Waals surface area (Å²) in [6, 6.07) is 4.25. The fourth-order valence-electron chi connectivity index (χ4n) is 2.40. The highest BCUT2D eigenvalue weighted by Crippen LogP contribution is 2.23. The van der Waals surface area contributed by atoms with E-state index in [2.05, 4.69) is 10.4 Å². The summed E-state index contributed by atoms with van der Waals surface area (Å²) in [6.07, 6.45) is 0. The number of nitrogens with one attached hydrogen (secondary N) is 1. The third-order valence-corrected chi connectivity index (χ3v) is 3.76. The molecular formula is C16H18N4O5. The van der Waals surface area contributed by atoms with Crippen LogP contribution in [0, 0.1) is 30.9 Å². The summed E-state index contributed by atoms with van der Waals surface area (Å²) < 4.78 is 6.56. The zero-order valence-electron chi connectivity index (χ0n) is 14.3. The summed E-state index contributed by atoms with van der Waals surface area (Å²) in [7, 11) is 1.75. The Hall–Kier alpha value is -3.23. The molecular weight excluding hydrogens is 328 g/mol. The van der Waals surface area contributed by atoms with Gasteiger partial charge in [0.15, 0.2) is 6.61 Å². The van der Waals surface area contributed by atoms with Crippen LogP contribution in [0.15, 0.2) is 18.2 Å². The van der Waals surface area contributed by atoms with E-state index in [-0.39, 0.29) is 11.3 Å². The normalized spacial score (nSPS) is 10.4. The summed E-state index contributed by atoms with van der Waals surface area (Å²) in [6.45, 7) is 4.54. The highest BCUT2D eigenvalue weighted by molar-refractivity contribution is 5.98. The minimum atomic E-state index is -0.917. The maximum Gasteiger partial charge on any atom is 0.345 e. The molecule has 0 unspecified atom stereocenters. The van der Waals surface area contributed by atoms with Crippen molar-refractivity contribution in [1.29, 1.82) is 0 Å². The lowest BCUT2D eigenvalue weighted by molar-refractivity contribution is -0.385. The molecule has 25 heavy (non-hydrogen) atoms. The van der Waals surface area contributed by atoms with Crippen molar-refractivity contribution in [1.82, 2.24) is 9.78 Å². The van der Waals surface area contributed by atoms with Crippen LogP contribution in [0.25, 0.3) is 0 Å². The molecule has 132 valence electrons. The van der Waals surface area contributed by atoms with Crippen molar-refractivity contribution in [3.63, 3.8) is 0 Å². The number of benzene rings is 1. The number of aryl methyl sites for hydroxylation is 3. The fraction of sp³-hybridized carbons (Fsp3) is 0.312. The van der Waals surface area contributed by atoms with Gasteiger partial charge in [0.2, 0.25) is 0 Å². The molecule has 0 atom stereocenters. The molecule has 9 nitrogen and oxygen atoms in total. The second kappa shape index (κ2) is 7.12. The van der Waals surface area contributed by atoms with E-state index in [0.29, 0.717) is 16.9 Å². The Morgan fingerprint density at radius 1 is 1.32 bits per heavy atom. The van der Waals surface area contributed by atoms with Crippen LogP contribution in [0.2, 0.25) is 0 Å². The van der Waals surface area contributed by atoms with Gasteiger partial charge in [0.1, 0.15) is 5.56 Å². The molecule has 0 saturated carbocycles. The number of amides is 1. The van der Waals surface area contributed by atoms with Gasteiger partial charge in [-0.15, -0.1) is 0 Å². The molecule has 0 bridgehead atoms. The monoisotopic (exact) mass is 346 g/mol. The lowest BCUT2D eigenvalue weighted by atomic mass is 10.1. The van der Waals surface area contributed by atoms with Crippen LogP contribution in [0.3, 0.4) is 0 Å². The van der Waals surface area contributed by atoms with Crippen LogP contribution >= 0.6 is 0 Å². The number of hydrogen-bond donors (Lipinski definition) is 1. The van der Waals surface area contributed by atoms with Crippen molar-refractivity contribution < 1.29 is 19.2 Å². The second-order valence-electron chi connectivity index (χ2n) is 5.52. The molecule has 1 heterocycles. The number of rotatable bonds is 5. The molecule has 0 aliphatic heterocycles. The molecule has 9 heteroatoms. The van der Waals surface area contributed by atoms with Crippen LogP contribution < -0.4 is 5.32 Å². The number of anilines is 1. The van der Waals surface area contributed by atoms with Crippen molar-refractivity contribution in [2.24, 2.45) is 7.05 Å². The van der Waals surface area contributed by atoms with E-state index in [1.165, 1.54) is 12.1 Å². The van der Waals surface area contributed by atoms with E-state index in [1.54, 1.807) is 38.6 Å². The largest absolute Gasteiger partial charge is 0.452 e. The van der Waals surface area contributed by atoms with Crippen LogP contribution in [0.4, 0.5) is 11.4 Å². The van der Waals surface area contributed by atoms with Gasteiger partial charge in [-0.25, -0.2) is 4.79 Å². The first-order valence-corrected chi connectivity index (χ1v) is 7.43. The molecule has 0 spiro atoms. The lowest BCUT2D eigenvalue weighted by Gasteiger charge is -2.08. The van der Waals surface area contributed by atoms with Gasteiger partial charge >= 0.3 is 5.97 Å². The minimum Gasteiger partial charge on any atom is -0.452 e. The van der Waals surface area contributed by atoms with Gasteiger partial charge < -0.3 is 10.1 Å². The van der Waals surface area contributed by atoms with Gasteiger partial charge in [-0.3, -0.25) is 19.6 Å². The highest BCUT2D eigenvalue weighted by Gasteiger charge is 2.24. The van der Waals surface area contributed by atoms with Crippen LogP contribution in [-0.4, -0.2) is 33.2 Å². The molecule has 1 aromatic heterocycles. The highest BCUT2D eigenvalue weighted by atomic mass is 16.6. The maximum atomic E-state index is 12.2. The number of aromatic nitrogens is 2. The Bertz CT molecular complexity index is 856. The SMILES string of the molecule is Cc1cccc([N+](=O)[O-])c1C(=O)OCC(=O)Nc1c(C)nn(C)c1C. The van der Waals surface area contributed by atoms with E-state index in [4.69, 9.17) is 4.74 Å². The Labute approximate surface area is 143 Å². The molecule has 0 fully saturated rings. The van der Waals surface area contributed by atoms with Crippen molar-refractivity contribution in [3.05, 3.63) is 50.8 Å². The average molecular weight is 346 g/mol. The number of carbonyl (C=O) groups is 2. The van der Waals surface area contributed by atoms with Crippen molar-refractivity contribution in [2.45, 2.75) is 20.8 Å². The topological polar surface area (TPSA) is 116 Å². The number of ether oxygens (including phenoxy) is 1. The third kappa shape index (κ3) is 3.82. The molecule has 0 aliphatic carbocycles. The van der Waals surface area contributed by atoms with Gasteiger partial charge in [0, 0.05) is 13.1 Å². The van der Waals surface area contributed by atoms with Crippen molar-refractivity contribution in [3.8, 4) is 0 Å². The molecule has 0 aliphatic rings. The first-order valence-electron chi connectivity index (χ1n) is 7.43. The molecule has 1 N–H and O–H groups in total. The van der Waals surface area contributed by atoms with Gasteiger partial charge in [0.05, 0.1) is 22.0 Å². The third-order valence-electron chi connectivity index (χ3n) is 3.76. The first-order chi connectivity index (χ1) is 11.7. The van der Waals surface area contributed by atoms with E-state index in [0.717, 1.165) is 5.69 Å². The predicted octanol–water partition coefficient (Wildman–Crippen LogP) is 2.05. The number of hydrogen-bond acceptors (Lipinski definition) is 6. The Kier molecular flexibility index (Phi) is 5.16. The summed E-state index contributed by atoms with van der Waals surface area (Å²) in [5, 5.41) is 17.8. The number of nitro groups is 1. The van der Waals surface area contributed by atoms with E-state index < -0.39 is 23.4 Å². The molecule has 1 amide bonds. The zero-order chi connectivity index (χ0) is 18.7. The molecule has 2 rings (SSSR count). The van der Waals surface area contributed by atoms with Crippen molar-refractivity contribution in [2.75, 3.05) is 11.9 Å². The van der Waals surface area contributed by atoms with E-state index >= 15 is 0 Å². The average Bonchev–Trinajstić information content (AvgIpc) is 2.78. The molecule has 1 aromatic carbocycles. The van der Waals surface area contributed by atoms with Crippen molar-refractivity contribution >= 4 is 23.3 Å². The standard InChI is InChI=1S/C16H18N4O5/c1-9-6-5-7-12(20(23)24)14(9)16(22)25-8-13(21)17-15-10(2)18-19(4)11(15)3/h5-7H,8H2,1-4H3,(H,17,21). The summed E-state index contributed by atoms with van der Waals surface area (Å²) >= 11 is 0. The fourth-order valence-corrected chi connectivity index (χ4v) is 2.40. The summed E-state index contributed by atoms with van der Waals surface area (Å²) in [4.78, 5) is 34.6. The maximum absolute atomic E-state index is 12.2. The lowest BCUT2D eigenvalue weighted by Crippen LogP contribution is -2.22. The van der Waals surface area contributed by atoms with Gasteiger partial charge in [0.25, 0.3) is 11.6 Å². The Morgan fingerprint density at radius 3 is 2.56 bits per heavy atom. The Morgan fingerprint density at radius 2 is 2.00 bits per heavy atom.